The van der Waals surface area contributed by atoms with Crippen molar-refractivity contribution in [2.24, 2.45) is 0 Å². The first-order chi connectivity index (χ1) is 14.6. The van der Waals surface area contributed by atoms with Crippen LogP contribution in [0.15, 0.2) is 48.8 Å². The molecule has 0 unspecified atom stereocenters. The Labute approximate surface area is 172 Å². The molecule has 0 radical (unpaired) electrons. The first-order valence-corrected chi connectivity index (χ1v) is 9.06. The Bertz CT molecular complexity index is 1190. The third-order valence-electron chi connectivity index (χ3n) is 4.54. The average molecular weight is 409 g/mol. The van der Waals surface area contributed by atoms with Crippen LogP contribution in [-0.4, -0.2) is 36.3 Å². The van der Waals surface area contributed by atoms with E-state index in [2.05, 4.69) is 25.6 Å². The van der Waals surface area contributed by atoms with Crippen molar-refractivity contribution in [3.05, 3.63) is 54.6 Å². The number of aromatic nitrogens is 3. The molecule has 0 bridgehead atoms. The maximum absolute atomic E-state index is 14.4. The van der Waals surface area contributed by atoms with Gasteiger partial charge < -0.3 is 29.8 Å². The summed E-state index contributed by atoms with van der Waals surface area (Å²) in [4.78, 5) is 11.5. The van der Waals surface area contributed by atoms with E-state index in [-0.39, 0.29) is 11.8 Å². The molecule has 4 aromatic rings. The molecule has 2 aromatic carbocycles. The number of hydrogen-bond acceptors (Lipinski definition) is 7. The number of nitrogens with zero attached hydrogens (tertiary/aromatic N) is 2. The minimum absolute atomic E-state index is 0.0146. The molecule has 0 saturated heterocycles. The number of aromatic amines is 1. The second kappa shape index (κ2) is 8.16. The van der Waals surface area contributed by atoms with Crippen molar-refractivity contribution in [3.63, 3.8) is 0 Å². The topological polar surface area (TPSA) is 93.3 Å². The molecule has 0 aliphatic carbocycles. The van der Waals surface area contributed by atoms with Crippen molar-refractivity contribution in [3.8, 4) is 17.2 Å². The molecule has 9 heteroatoms. The van der Waals surface area contributed by atoms with Crippen molar-refractivity contribution in [1.29, 1.82) is 0 Å². The van der Waals surface area contributed by atoms with Crippen LogP contribution in [0.2, 0.25) is 0 Å². The van der Waals surface area contributed by atoms with E-state index in [1.165, 1.54) is 21.3 Å². The monoisotopic (exact) mass is 409 g/mol. The predicted octanol–water partition coefficient (Wildman–Crippen LogP) is 4.61. The van der Waals surface area contributed by atoms with Gasteiger partial charge in [-0.3, -0.25) is 0 Å². The lowest BCUT2D eigenvalue weighted by atomic mass is 10.2. The summed E-state index contributed by atoms with van der Waals surface area (Å²) in [5, 5.41) is 7.05. The number of rotatable bonds is 7. The number of fused-ring (bicyclic) bond motifs is 1. The Balaban J connectivity index is 1.67. The van der Waals surface area contributed by atoms with Crippen LogP contribution in [0.25, 0.3) is 10.9 Å². The zero-order chi connectivity index (χ0) is 21.1. The Morgan fingerprint density at radius 3 is 2.50 bits per heavy atom. The summed E-state index contributed by atoms with van der Waals surface area (Å²) in [6, 6.07) is 11.1. The number of benzene rings is 2. The van der Waals surface area contributed by atoms with Gasteiger partial charge in [-0.05, 0) is 30.3 Å². The van der Waals surface area contributed by atoms with Crippen molar-refractivity contribution in [2.75, 3.05) is 32.0 Å². The van der Waals surface area contributed by atoms with Crippen LogP contribution >= 0.6 is 0 Å². The zero-order valence-electron chi connectivity index (χ0n) is 16.6. The van der Waals surface area contributed by atoms with E-state index in [1.54, 1.807) is 12.1 Å². The van der Waals surface area contributed by atoms with Crippen molar-refractivity contribution in [2.45, 2.75) is 0 Å². The normalized spacial score (nSPS) is 10.7. The van der Waals surface area contributed by atoms with E-state index < -0.39 is 5.82 Å². The van der Waals surface area contributed by atoms with E-state index in [0.717, 1.165) is 22.8 Å². The number of nitrogens with one attached hydrogen (secondary N) is 3. The van der Waals surface area contributed by atoms with Gasteiger partial charge >= 0.3 is 0 Å². The Kier molecular flexibility index (Phi) is 5.25. The molecular formula is C21H20FN5O3. The molecule has 4 rings (SSSR count). The zero-order valence-corrected chi connectivity index (χ0v) is 16.6. The molecular weight excluding hydrogens is 389 g/mol. The van der Waals surface area contributed by atoms with Crippen LogP contribution in [-0.2, 0) is 0 Å². The number of H-pyrrole nitrogens is 1. The summed E-state index contributed by atoms with van der Waals surface area (Å²) >= 11 is 0. The predicted molar refractivity (Wildman–Crippen MR) is 113 cm³/mol. The highest BCUT2D eigenvalue weighted by molar-refractivity contribution is 5.93. The molecule has 0 spiro atoms. The number of ether oxygens (including phenoxy) is 3. The van der Waals surface area contributed by atoms with Gasteiger partial charge in [0.05, 0.1) is 38.9 Å². The summed E-state index contributed by atoms with van der Waals surface area (Å²) in [5.41, 5.74) is 2.23. The van der Waals surface area contributed by atoms with Gasteiger partial charge in [0.25, 0.3) is 0 Å². The average Bonchev–Trinajstić information content (AvgIpc) is 3.25. The minimum Gasteiger partial charge on any atom is -0.493 e. The quantitative estimate of drug-likeness (QED) is 0.410. The second-order valence-corrected chi connectivity index (χ2v) is 6.27. The molecule has 0 amide bonds. The molecule has 0 aliphatic heterocycles. The van der Waals surface area contributed by atoms with Gasteiger partial charge in [-0.15, -0.1) is 0 Å². The lowest BCUT2D eigenvalue weighted by Crippen LogP contribution is -2.05. The van der Waals surface area contributed by atoms with Crippen molar-refractivity contribution in [1.82, 2.24) is 15.0 Å². The lowest BCUT2D eigenvalue weighted by Gasteiger charge is -2.17. The smallest absolute Gasteiger partial charge is 0.229 e. The van der Waals surface area contributed by atoms with E-state index in [0.29, 0.717) is 22.9 Å². The molecule has 0 fully saturated rings. The van der Waals surface area contributed by atoms with Gasteiger partial charge in [0.2, 0.25) is 11.7 Å². The largest absolute Gasteiger partial charge is 0.493 e. The third kappa shape index (κ3) is 3.52. The van der Waals surface area contributed by atoms with Gasteiger partial charge in [0.15, 0.2) is 23.1 Å². The minimum atomic E-state index is -0.614. The molecule has 3 N–H and O–H groups in total. The maximum Gasteiger partial charge on any atom is 0.229 e. The fraction of sp³-hybridized carbons (Fsp3) is 0.143. The van der Waals surface area contributed by atoms with E-state index in [4.69, 9.17) is 14.2 Å². The highest BCUT2D eigenvalue weighted by Crippen LogP contribution is 2.43. The Morgan fingerprint density at radius 2 is 1.73 bits per heavy atom. The molecule has 0 saturated carbocycles. The third-order valence-corrected chi connectivity index (χ3v) is 4.54. The highest BCUT2D eigenvalue weighted by atomic mass is 19.1. The van der Waals surface area contributed by atoms with Gasteiger partial charge in [0.1, 0.15) is 0 Å². The van der Waals surface area contributed by atoms with E-state index >= 15 is 0 Å². The highest BCUT2D eigenvalue weighted by Gasteiger charge is 2.18. The molecule has 8 nitrogen and oxygen atoms in total. The molecule has 154 valence electrons. The SMILES string of the molecule is COc1ccc(Nc2nc(Nc3cccc4[nH]ccc34)ncc2F)c(OC)c1OC. The van der Waals surface area contributed by atoms with Crippen molar-refractivity contribution >= 4 is 34.0 Å². The van der Waals surface area contributed by atoms with Crippen LogP contribution < -0.4 is 24.8 Å². The Morgan fingerprint density at radius 1 is 0.900 bits per heavy atom. The van der Waals surface area contributed by atoms with Crippen LogP contribution in [0.4, 0.5) is 27.5 Å². The number of halogens is 1. The molecule has 0 aliphatic rings. The summed E-state index contributed by atoms with van der Waals surface area (Å²) in [6.07, 6.45) is 2.94. The van der Waals surface area contributed by atoms with E-state index in [9.17, 15) is 4.39 Å². The van der Waals surface area contributed by atoms with Crippen LogP contribution in [0.5, 0.6) is 17.2 Å². The first kappa shape index (κ1) is 19.3. The fourth-order valence-electron chi connectivity index (χ4n) is 3.16. The molecule has 30 heavy (non-hydrogen) atoms. The van der Waals surface area contributed by atoms with Gasteiger partial charge in [0, 0.05) is 17.1 Å². The summed E-state index contributed by atoms with van der Waals surface area (Å²) in [5.74, 6) is 0.854. The lowest BCUT2D eigenvalue weighted by molar-refractivity contribution is 0.325. The number of hydrogen-bond donors (Lipinski definition) is 3. The summed E-state index contributed by atoms with van der Waals surface area (Å²) < 4.78 is 30.5. The van der Waals surface area contributed by atoms with Crippen LogP contribution in [0.3, 0.4) is 0 Å². The van der Waals surface area contributed by atoms with Crippen molar-refractivity contribution < 1.29 is 18.6 Å². The van der Waals surface area contributed by atoms with E-state index in [1.807, 2.05) is 30.5 Å². The standard InChI is InChI=1S/C21H20FN5O3/c1-28-17-8-7-16(18(29-2)19(17)30-3)25-20-13(22)11-24-21(27-20)26-15-6-4-5-14-12(15)9-10-23-14/h4-11,23H,1-3H3,(H2,24,25,26,27). The van der Waals surface area contributed by atoms with Gasteiger partial charge in [-0.25, -0.2) is 9.37 Å². The van der Waals surface area contributed by atoms with Gasteiger partial charge in [-0.2, -0.15) is 4.98 Å². The molecule has 0 atom stereocenters. The van der Waals surface area contributed by atoms with Crippen LogP contribution in [0, 0.1) is 5.82 Å². The molecule has 2 aromatic heterocycles. The summed E-state index contributed by atoms with van der Waals surface area (Å²) in [6.45, 7) is 0. The summed E-state index contributed by atoms with van der Waals surface area (Å²) in [7, 11) is 4.51. The second-order valence-electron chi connectivity index (χ2n) is 6.27. The molecule has 2 heterocycles. The fourth-order valence-corrected chi connectivity index (χ4v) is 3.16. The Hall–Kier alpha value is -4.01. The first-order valence-electron chi connectivity index (χ1n) is 9.06. The van der Waals surface area contributed by atoms with Crippen LogP contribution in [0.1, 0.15) is 0 Å². The number of anilines is 4. The maximum atomic E-state index is 14.4. The van der Waals surface area contributed by atoms with Gasteiger partial charge in [-0.1, -0.05) is 6.07 Å². The number of methoxy groups -OCH3 is 3.